The number of halogens is 2. The van der Waals surface area contributed by atoms with E-state index in [1.165, 1.54) is 12.1 Å². The molecule has 0 unspecified atom stereocenters. The molecule has 5 nitrogen and oxygen atoms in total. The highest BCUT2D eigenvalue weighted by molar-refractivity contribution is 6.30. The number of amides is 1. The van der Waals surface area contributed by atoms with Gasteiger partial charge in [-0.2, -0.15) is 5.10 Å². The molecule has 7 heteroatoms. The molecule has 3 aromatic carbocycles. The van der Waals surface area contributed by atoms with E-state index in [0.29, 0.717) is 35.3 Å². The van der Waals surface area contributed by atoms with Crippen molar-refractivity contribution in [2.75, 3.05) is 5.32 Å². The molecule has 4 rings (SSSR count). The number of benzene rings is 3. The van der Waals surface area contributed by atoms with Gasteiger partial charge >= 0.3 is 0 Å². The van der Waals surface area contributed by atoms with Crippen LogP contribution in [0.3, 0.4) is 0 Å². The molecule has 1 aromatic heterocycles. The Kier molecular flexibility index (Phi) is 6.29. The molecule has 0 atom stereocenters. The zero-order valence-electron chi connectivity index (χ0n) is 16.5. The lowest BCUT2D eigenvalue weighted by atomic mass is 10.1. The molecule has 0 aliphatic carbocycles. The van der Waals surface area contributed by atoms with Crippen LogP contribution in [-0.2, 0) is 13.2 Å². The molecule has 0 spiro atoms. The summed E-state index contributed by atoms with van der Waals surface area (Å²) in [5, 5.41) is 7.87. The Bertz CT molecular complexity index is 1160. The first-order chi connectivity index (χ1) is 15.0. The van der Waals surface area contributed by atoms with Crippen LogP contribution in [0.2, 0.25) is 5.02 Å². The molecule has 0 aliphatic heterocycles. The highest BCUT2D eigenvalue weighted by Gasteiger charge is 2.09. The molecule has 4 aromatic rings. The quantitative estimate of drug-likeness (QED) is 0.413. The van der Waals surface area contributed by atoms with Crippen LogP contribution in [0.4, 0.5) is 10.2 Å². The van der Waals surface area contributed by atoms with Crippen LogP contribution >= 0.6 is 11.6 Å². The summed E-state index contributed by atoms with van der Waals surface area (Å²) < 4.78 is 20.3. The van der Waals surface area contributed by atoms with Crippen molar-refractivity contribution < 1.29 is 13.9 Å². The Balaban J connectivity index is 1.31. The van der Waals surface area contributed by atoms with E-state index in [1.54, 1.807) is 41.2 Å². The van der Waals surface area contributed by atoms with Gasteiger partial charge in [-0.25, -0.2) is 4.39 Å². The smallest absolute Gasteiger partial charge is 0.256 e. The topological polar surface area (TPSA) is 56.2 Å². The number of aromatic nitrogens is 2. The highest BCUT2D eigenvalue weighted by atomic mass is 35.5. The number of ether oxygens (including phenoxy) is 1. The van der Waals surface area contributed by atoms with Crippen LogP contribution in [-0.4, -0.2) is 15.7 Å². The van der Waals surface area contributed by atoms with Gasteiger partial charge in [-0.3, -0.25) is 9.48 Å². The van der Waals surface area contributed by atoms with Gasteiger partial charge in [0.1, 0.15) is 18.2 Å². The number of anilines is 1. The minimum atomic E-state index is -0.308. The number of rotatable bonds is 7. The Morgan fingerprint density at radius 3 is 2.32 bits per heavy atom. The van der Waals surface area contributed by atoms with Gasteiger partial charge in [0.25, 0.3) is 5.91 Å². The first-order valence-corrected chi connectivity index (χ1v) is 9.99. The lowest BCUT2D eigenvalue weighted by Crippen LogP contribution is -2.13. The second-order valence-corrected chi connectivity index (χ2v) is 7.36. The fourth-order valence-corrected chi connectivity index (χ4v) is 3.06. The van der Waals surface area contributed by atoms with E-state index in [-0.39, 0.29) is 11.7 Å². The van der Waals surface area contributed by atoms with E-state index in [9.17, 15) is 9.18 Å². The molecule has 31 heavy (non-hydrogen) atoms. The monoisotopic (exact) mass is 435 g/mol. The first kappa shape index (κ1) is 20.6. The van der Waals surface area contributed by atoms with E-state index in [4.69, 9.17) is 16.3 Å². The van der Waals surface area contributed by atoms with Crippen LogP contribution in [0.25, 0.3) is 0 Å². The van der Waals surface area contributed by atoms with Crippen molar-refractivity contribution in [3.05, 3.63) is 113 Å². The minimum absolute atomic E-state index is 0.247. The predicted octanol–water partition coefficient (Wildman–Crippen LogP) is 5.56. The molecule has 0 saturated carbocycles. The number of carbonyl (C=O) groups is 1. The third kappa shape index (κ3) is 5.71. The highest BCUT2D eigenvalue weighted by Crippen LogP contribution is 2.15. The van der Waals surface area contributed by atoms with E-state index >= 15 is 0 Å². The summed E-state index contributed by atoms with van der Waals surface area (Å²) >= 11 is 5.91. The molecule has 0 radical (unpaired) electrons. The molecule has 0 bridgehead atoms. The summed E-state index contributed by atoms with van der Waals surface area (Å²) in [6.07, 6.45) is 1.81. The number of hydrogen-bond donors (Lipinski definition) is 1. The maximum Gasteiger partial charge on any atom is 0.256 e. The van der Waals surface area contributed by atoms with Crippen molar-refractivity contribution in [1.82, 2.24) is 9.78 Å². The minimum Gasteiger partial charge on any atom is -0.489 e. The van der Waals surface area contributed by atoms with Crippen LogP contribution < -0.4 is 10.1 Å². The molecule has 0 saturated heterocycles. The van der Waals surface area contributed by atoms with Gasteiger partial charge < -0.3 is 10.1 Å². The second-order valence-electron chi connectivity index (χ2n) is 6.92. The van der Waals surface area contributed by atoms with Crippen molar-refractivity contribution in [2.24, 2.45) is 0 Å². The summed E-state index contributed by atoms with van der Waals surface area (Å²) in [7, 11) is 0. The Labute approximate surface area is 184 Å². The zero-order valence-corrected chi connectivity index (χ0v) is 17.2. The molecule has 0 fully saturated rings. The van der Waals surface area contributed by atoms with E-state index in [2.05, 4.69) is 10.4 Å². The van der Waals surface area contributed by atoms with Crippen LogP contribution in [0, 0.1) is 5.82 Å². The maximum atomic E-state index is 12.9. The Morgan fingerprint density at radius 1 is 0.935 bits per heavy atom. The molecule has 0 aliphatic rings. The predicted molar refractivity (Wildman–Crippen MR) is 118 cm³/mol. The van der Waals surface area contributed by atoms with Crippen LogP contribution in [0.15, 0.2) is 85.1 Å². The van der Waals surface area contributed by atoms with Gasteiger partial charge in [-0.05, 0) is 59.7 Å². The van der Waals surface area contributed by atoms with Crippen molar-refractivity contribution >= 4 is 23.3 Å². The third-order valence-corrected chi connectivity index (χ3v) is 4.83. The second kappa shape index (κ2) is 9.45. The Hall–Kier alpha value is -3.64. The van der Waals surface area contributed by atoms with Gasteiger partial charge in [0.05, 0.1) is 6.54 Å². The normalized spacial score (nSPS) is 10.6. The SMILES string of the molecule is O=C(Nc1ccn(Cc2ccc(Cl)cc2)n1)c1ccc(COc2ccc(F)cc2)cc1. The van der Waals surface area contributed by atoms with E-state index in [0.717, 1.165) is 11.1 Å². The van der Waals surface area contributed by atoms with Gasteiger partial charge in [0.15, 0.2) is 5.82 Å². The molecule has 1 N–H and O–H groups in total. The number of nitrogens with one attached hydrogen (secondary N) is 1. The van der Waals surface area contributed by atoms with Gasteiger partial charge in [-0.15, -0.1) is 0 Å². The lowest BCUT2D eigenvalue weighted by molar-refractivity contribution is 0.102. The lowest BCUT2D eigenvalue weighted by Gasteiger charge is -2.07. The average Bonchev–Trinajstić information content (AvgIpc) is 3.22. The maximum absolute atomic E-state index is 12.9. The fourth-order valence-electron chi connectivity index (χ4n) is 2.93. The Morgan fingerprint density at radius 2 is 1.61 bits per heavy atom. The molecular formula is C24H19ClFN3O2. The van der Waals surface area contributed by atoms with Crippen LogP contribution in [0.5, 0.6) is 5.75 Å². The van der Waals surface area contributed by atoms with E-state index in [1.807, 2.05) is 36.4 Å². The van der Waals surface area contributed by atoms with Gasteiger partial charge in [0, 0.05) is 22.8 Å². The number of carbonyl (C=O) groups excluding carboxylic acids is 1. The summed E-state index contributed by atoms with van der Waals surface area (Å²) in [5.74, 6) is 0.500. The number of hydrogen-bond acceptors (Lipinski definition) is 3. The van der Waals surface area contributed by atoms with Gasteiger partial charge in [-0.1, -0.05) is 35.9 Å². The first-order valence-electron chi connectivity index (χ1n) is 9.62. The van der Waals surface area contributed by atoms with E-state index < -0.39 is 0 Å². The summed E-state index contributed by atoms with van der Waals surface area (Å²) in [6.45, 7) is 0.901. The molecule has 1 heterocycles. The largest absolute Gasteiger partial charge is 0.489 e. The summed E-state index contributed by atoms with van der Waals surface area (Å²) in [5.41, 5.74) is 2.47. The van der Waals surface area contributed by atoms with Crippen molar-refractivity contribution in [3.63, 3.8) is 0 Å². The molecule has 156 valence electrons. The fraction of sp³-hybridized carbons (Fsp3) is 0.0833. The zero-order chi connectivity index (χ0) is 21.6. The van der Waals surface area contributed by atoms with Crippen molar-refractivity contribution in [3.8, 4) is 5.75 Å². The molecule has 1 amide bonds. The standard InChI is InChI=1S/C24H19ClFN3O2/c25-20-7-3-17(4-8-20)15-29-14-13-23(28-29)27-24(30)19-5-1-18(2-6-19)16-31-22-11-9-21(26)10-12-22/h1-14H,15-16H2,(H,27,28,30). The average molecular weight is 436 g/mol. The summed E-state index contributed by atoms with van der Waals surface area (Å²) in [4.78, 5) is 12.5. The number of nitrogens with zero attached hydrogens (tertiary/aromatic N) is 2. The third-order valence-electron chi connectivity index (χ3n) is 4.58. The van der Waals surface area contributed by atoms with Crippen molar-refractivity contribution in [2.45, 2.75) is 13.2 Å². The van der Waals surface area contributed by atoms with Crippen LogP contribution in [0.1, 0.15) is 21.5 Å². The molecular weight excluding hydrogens is 417 g/mol. The summed E-state index contributed by atoms with van der Waals surface area (Å²) in [6, 6.07) is 22.2. The van der Waals surface area contributed by atoms with Crippen molar-refractivity contribution in [1.29, 1.82) is 0 Å². The van der Waals surface area contributed by atoms with Gasteiger partial charge in [0.2, 0.25) is 0 Å².